The van der Waals surface area contributed by atoms with E-state index in [4.69, 9.17) is 11.6 Å². The molecule has 2 nitrogen and oxygen atoms in total. The highest BCUT2D eigenvalue weighted by Crippen LogP contribution is 2.23. The lowest BCUT2D eigenvalue weighted by Crippen LogP contribution is -2.32. The van der Waals surface area contributed by atoms with E-state index in [9.17, 15) is 13.6 Å². The smallest absolute Gasteiger partial charge is 0.377 e. The topological polar surface area (TPSA) is 26.3 Å². The number of rotatable bonds is 3. The average Bonchev–Trinajstić information content (AvgIpc) is 2.15. The molecule has 0 aliphatic heterocycles. The Morgan fingerprint density at radius 1 is 1.53 bits per heavy atom. The minimum atomic E-state index is -3.51. The maximum Gasteiger partial charge on any atom is 0.377 e. The zero-order valence-corrected chi connectivity index (χ0v) is 8.72. The molecule has 1 rings (SSSR count). The van der Waals surface area contributed by atoms with Crippen LogP contribution in [-0.4, -0.2) is 19.0 Å². The largest absolute Gasteiger partial charge is 0.465 e. The van der Waals surface area contributed by atoms with E-state index in [1.807, 2.05) is 0 Å². The Balaban J connectivity index is 2.81. The molecule has 0 saturated heterocycles. The third-order valence-electron chi connectivity index (χ3n) is 1.80. The number of esters is 1. The summed E-state index contributed by atoms with van der Waals surface area (Å²) in [7, 11) is 0.925. The number of benzene rings is 1. The molecule has 82 valence electrons. The van der Waals surface area contributed by atoms with Crippen LogP contribution in [0.15, 0.2) is 24.3 Å². The molecule has 0 aliphatic carbocycles. The summed E-state index contributed by atoms with van der Waals surface area (Å²) < 4.78 is 30.2. The van der Waals surface area contributed by atoms with E-state index in [0.29, 0.717) is 5.02 Å². The first-order chi connectivity index (χ1) is 6.95. The van der Waals surface area contributed by atoms with Gasteiger partial charge in [0, 0.05) is 11.4 Å². The van der Waals surface area contributed by atoms with Crippen molar-refractivity contribution >= 4 is 17.6 Å². The number of methoxy groups -OCH3 is 1. The van der Waals surface area contributed by atoms with Crippen LogP contribution in [0.2, 0.25) is 5.02 Å². The molecule has 1 aromatic rings. The van der Waals surface area contributed by atoms with Crippen LogP contribution in [0.1, 0.15) is 5.56 Å². The Labute approximate surface area is 90.8 Å². The quantitative estimate of drug-likeness (QED) is 0.752. The first kappa shape index (κ1) is 11.9. The molecular weight excluding hydrogens is 226 g/mol. The molecule has 0 amide bonds. The van der Waals surface area contributed by atoms with Crippen LogP contribution in [0.3, 0.4) is 0 Å². The summed E-state index contributed by atoms with van der Waals surface area (Å²) in [6.07, 6.45) is -0.708. The number of halogens is 3. The minimum Gasteiger partial charge on any atom is -0.465 e. The Morgan fingerprint density at radius 3 is 2.73 bits per heavy atom. The molecule has 15 heavy (non-hydrogen) atoms. The van der Waals surface area contributed by atoms with Crippen LogP contribution < -0.4 is 0 Å². The van der Waals surface area contributed by atoms with E-state index in [1.165, 1.54) is 12.1 Å². The molecule has 0 spiro atoms. The van der Waals surface area contributed by atoms with Gasteiger partial charge in [-0.3, -0.25) is 0 Å². The second-order valence-electron chi connectivity index (χ2n) is 3.00. The van der Waals surface area contributed by atoms with Gasteiger partial charge in [-0.25, -0.2) is 4.79 Å². The van der Waals surface area contributed by atoms with Crippen LogP contribution in [-0.2, 0) is 16.0 Å². The zero-order chi connectivity index (χ0) is 11.5. The van der Waals surface area contributed by atoms with Crippen LogP contribution in [0.5, 0.6) is 0 Å². The van der Waals surface area contributed by atoms with Crippen molar-refractivity contribution in [2.24, 2.45) is 0 Å². The van der Waals surface area contributed by atoms with E-state index < -0.39 is 18.3 Å². The number of alkyl halides is 2. The van der Waals surface area contributed by atoms with Crippen LogP contribution in [0, 0.1) is 0 Å². The van der Waals surface area contributed by atoms with E-state index >= 15 is 0 Å². The number of hydrogen-bond donors (Lipinski definition) is 0. The van der Waals surface area contributed by atoms with Gasteiger partial charge < -0.3 is 4.74 Å². The SMILES string of the molecule is COC(=O)C(F)(F)Cc1cccc(Cl)c1. The van der Waals surface area contributed by atoms with E-state index in [2.05, 4.69) is 4.74 Å². The normalized spacial score (nSPS) is 11.2. The summed E-state index contributed by atoms with van der Waals surface area (Å²) in [5.74, 6) is -5.05. The van der Waals surface area contributed by atoms with Crippen LogP contribution in [0.4, 0.5) is 8.78 Å². The molecule has 0 radical (unpaired) electrons. The zero-order valence-electron chi connectivity index (χ0n) is 7.97. The number of carbonyl (C=O) groups excluding carboxylic acids is 1. The van der Waals surface area contributed by atoms with Gasteiger partial charge in [0.25, 0.3) is 0 Å². The third-order valence-corrected chi connectivity index (χ3v) is 2.03. The highest BCUT2D eigenvalue weighted by molar-refractivity contribution is 6.30. The Kier molecular flexibility index (Phi) is 3.63. The van der Waals surface area contributed by atoms with Crippen molar-refractivity contribution in [3.8, 4) is 0 Å². The standard InChI is InChI=1S/C10H9ClF2O2/c1-15-9(14)10(12,13)6-7-3-2-4-8(11)5-7/h2-5H,6H2,1H3. The third kappa shape index (κ3) is 3.16. The van der Waals surface area contributed by atoms with Gasteiger partial charge in [0.05, 0.1) is 7.11 Å². The molecule has 0 heterocycles. The molecule has 0 aliphatic rings. The minimum absolute atomic E-state index is 0.290. The van der Waals surface area contributed by atoms with Gasteiger partial charge in [0.2, 0.25) is 0 Å². The molecule has 0 unspecified atom stereocenters. The highest BCUT2D eigenvalue weighted by Gasteiger charge is 2.40. The molecule has 0 bridgehead atoms. The van der Waals surface area contributed by atoms with Gasteiger partial charge in [-0.1, -0.05) is 23.7 Å². The second kappa shape index (κ2) is 4.57. The van der Waals surface area contributed by atoms with Gasteiger partial charge in [0.1, 0.15) is 0 Å². The van der Waals surface area contributed by atoms with E-state index in [1.54, 1.807) is 12.1 Å². The van der Waals surface area contributed by atoms with Crippen LogP contribution >= 0.6 is 11.6 Å². The summed E-state index contributed by atoms with van der Waals surface area (Å²) in [5, 5.41) is 0.355. The van der Waals surface area contributed by atoms with Gasteiger partial charge in [0.15, 0.2) is 0 Å². The fourth-order valence-corrected chi connectivity index (χ4v) is 1.34. The van der Waals surface area contributed by atoms with Crippen molar-refractivity contribution in [2.45, 2.75) is 12.3 Å². The molecule has 5 heteroatoms. The maximum atomic E-state index is 13.1. The van der Waals surface area contributed by atoms with Crippen molar-refractivity contribution in [3.63, 3.8) is 0 Å². The van der Waals surface area contributed by atoms with Gasteiger partial charge >= 0.3 is 11.9 Å². The molecule has 0 fully saturated rings. The summed E-state index contributed by atoms with van der Waals surface area (Å²) in [5.41, 5.74) is 0.290. The average molecular weight is 235 g/mol. The molecule has 0 aromatic heterocycles. The van der Waals surface area contributed by atoms with E-state index in [-0.39, 0.29) is 5.56 Å². The lowest BCUT2D eigenvalue weighted by Gasteiger charge is -2.13. The summed E-state index contributed by atoms with van der Waals surface area (Å²) in [6.45, 7) is 0. The van der Waals surface area contributed by atoms with Crippen molar-refractivity contribution in [3.05, 3.63) is 34.9 Å². The Morgan fingerprint density at radius 2 is 2.20 bits per heavy atom. The fourth-order valence-electron chi connectivity index (χ4n) is 1.12. The number of hydrogen-bond acceptors (Lipinski definition) is 2. The van der Waals surface area contributed by atoms with E-state index in [0.717, 1.165) is 7.11 Å². The second-order valence-corrected chi connectivity index (χ2v) is 3.44. The lowest BCUT2D eigenvalue weighted by molar-refractivity contribution is -0.168. The number of carbonyl (C=O) groups is 1. The fraction of sp³-hybridized carbons (Fsp3) is 0.300. The van der Waals surface area contributed by atoms with Crippen molar-refractivity contribution in [1.29, 1.82) is 0 Å². The van der Waals surface area contributed by atoms with Gasteiger partial charge in [-0.05, 0) is 17.7 Å². The molecular formula is C10H9ClF2O2. The predicted molar refractivity (Wildman–Crippen MR) is 52.1 cm³/mol. The van der Waals surface area contributed by atoms with Crippen LogP contribution in [0.25, 0.3) is 0 Å². The summed E-state index contributed by atoms with van der Waals surface area (Å²) in [4.78, 5) is 10.7. The predicted octanol–water partition coefficient (Wildman–Crippen LogP) is 2.69. The Bertz CT molecular complexity index is 366. The molecule has 1 aromatic carbocycles. The molecule has 0 saturated carbocycles. The van der Waals surface area contributed by atoms with Gasteiger partial charge in [-0.15, -0.1) is 0 Å². The summed E-state index contributed by atoms with van der Waals surface area (Å²) >= 11 is 5.63. The Hall–Kier alpha value is -1.16. The van der Waals surface area contributed by atoms with Crippen molar-refractivity contribution in [2.75, 3.05) is 7.11 Å². The maximum absolute atomic E-state index is 13.1. The first-order valence-corrected chi connectivity index (χ1v) is 4.54. The number of ether oxygens (including phenoxy) is 1. The molecule has 0 atom stereocenters. The summed E-state index contributed by atoms with van der Waals surface area (Å²) in [6, 6.07) is 5.98. The molecule has 0 N–H and O–H groups in total. The van der Waals surface area contributed by atoms with Gasteiger partial charge in [-0.2, -0.15) is 8.78 Å². The highest BCUT2D eigenvalue weighted by atomic mass is 35.5. The van der Waals surface area contributed by atoms with Crippen molar-refractivity contribution < 1.29 is 18.3 Å². The monoisotopic (exact) mass is 234 g/mol. The lowest BCUT2D eigenvalue weighted by atomic mass is 10.1. The van der Waals surface area contributed by atoms with Crippen molar-refractivity contribution in [1.82, 2.24) is 0 Å². The first-order valence-electron chi connectivity index (χ1n) is 4.16.